The van der Waals surface area contributed by atoms with E-state index in [-0.39, 0.29) is 23.9 Å². The SMILES string of the molecule is COc1ccc(C2NC(=O)c3c(O)ccc4c3N2CCC4N)cc1. The molecule has 0 aromatic heterocycles. The zero-order valence-corrected chi connectivity index (χ0v) is 13.3. The maximum atomic E-state index is 12.6. The van der Waals surface area contributed by atoms with Gasteiger partial charge in [0.1, 0.15) is 23.2 Å². The predicted molar refractivity (Wildman–Crippen MR) is 90.2 cm³/mol. The van der Waals surface area contributed by atoms with Crippen LogP contribution in [0, 0.1) is 0 Å². The molecule has 0 spiro atoms. The standard InChI is InChI=1S/C18H19N3O3/c1-24-11-4-2-10(3-5-11)17-20-18(23)15-14(22)7-6-12-13(19)8-9-21(17)16(12)15/h2-7,13,17,22H,8-9,19H2,1H3,(H,20,23). The fourth-order valence-corrected chi connectivity index (χ4v) is 3.56. The molecule has 0 saturated carbocycles. The van der Waals surface area contributed by atoms with E-state index in [9.17, 15) is 9.90 Å². The second-order valence-corrected chi connectivity index (χ2v) is 6.14. The number of hydrogen-bond donors (Lipinski definition) is 3. The summed E-state index contributed by atoms with van der Waals surface area (Å²) in [5.74, 6) is 0.467. The lowest BCUT2D eigenvalue weighted by atomic mass is 9.90. The number of hydrogen-bond acceptors (Lipinski definition) is 5. The number of benzene rings is 2. The highest BCUT2D eigenvalue weighted by atomic mass is 16.5. The number of anilines is 1. The van der Waals surface area contributed by atoms with Crippen LogP contribution in [0.5, 0.6) is 11.5 Å². The van der Waals surface area contributed by atoms with Gasteiger partial charge in [0.05, 0.1) is 12.8 Å². The topological polar surface area (TPSA) is 87.8 Å². The maximum absolute atomic E-state index is 12.6. The molecule has 6 heteroatoms. The molecule has 1 amide bonds. The van der Waals surface area contributed by atoms with Crippen LogP contribution < -0.4 is 20.7 Å². The maximum Gasteiger partial charge on any atom is 0.259 e. The van der Waals surface area contributed by atoms with Crippen molar-refractivity contribution in [1.82, 2.24) is 5.32 Å². The first-order valence-electron chi connectivity index (χ1n) is 7.93. The molecule has 6 nitrogen and oxygen atoms in total. The summed E-state index contributed by atoms with van der Waals surface area (Å²) in [6.07, 6.45) is 0.503. The third-order valence-electron chi connectivity index (χ3n) is 4.79. The van der Waals surface area contributed by atoms with Crippen LogP contribution in [-0.2, 0) is 0 Å². The van der Waals surface area contributed by atoms with Crippen molar-refractivity contribution >= 4 is 11.6 Å². The Morgan fingerprint density at radius 3 is 2.71 bits per heavy atom. The highest BCUT2D eigenvalue weighted by Gasteiger charge is 2.38. The minimum atomic E-state index is -0.288. The molecule has 0 radical (unpaired) electrons. The van der Waals surface area contributed by atoms with E-state index < -0.39 is 0 Å². The molecule has 0 bridgehead atoms. The zero-order chi connectivity index (χ0) is 16.8. The van der Waals surface area contributed by atoms with Gasteiger partial charge in [-0.25, -0.2) is 0 Å². The smallest absolute Gasteiger partial charge is 0.259 e. The molecular formula is C18H19N3O3. The lowest BCUT2D eigenvalue weighted by Crippen LogP contribution is -2.49. The summed E-state index contributed by atoms with van der Waals surface area (Å²) in [6.45, 7) is 0.710. The van der Waals surface area contributed by atoms with Crippen LogP contribution in [0.2, 0.25) is 0 Å². The molecule has 4 N–H and O–H groups in total. The summed E-state index contributed by atoms with van der Waals surface area (Å²) in [4.78, 5) is 14.7. The molecule has 124 valence electrons. The average molecular weight is 325 g/mol. The van der Waals surface area contributed by atoms with E-state index in [0.717, 1.165) is 29.0 Å². The summed E-state index contributed by atoms with van der Waals surface area (Å²) in [5, 5.41) is 13.1. The van der Waals surface area contributed by atoms with E-state index >= 15 is 0 Å². The normalized spacial score (nSPS) is 21.9. The molecule has 2 unspecified atom stereocenters. The van der Waals surface area contributed by atoms with Crippen LogP contribution in [0.25, 0.3) is 0 Å². The first kappa shape index (κ1) is 14.8. The Balaban J connectivity index is 1.84. The fourth-order valence-electron chi connectivity index (χ4n) is 3.56. The Hall–Kier alpha value is -2.73. The number of nitrogens with two attached hydrogens (primary N) is 1. The van der Waals surface area contributed by atoms with E-state index in [1.165, 1.54) is 0 Å². The van der Waals surface area contributed by atoms with Gasteiger partial charge in [0.15, 0.2) is 0 Å². The number of phenolic OH excluding ortho intramolecular Hbond substituents is 1. The van der Waals surface area contributed by atoms with Gasteiger partial charge in [-0.15, -0.1) is 0 Å². The van der Waals surface area contributed by atoms with E-state index in [2.05, 4.69) is 10.2 Å². The highest BCUT2D eigenvalue weighted by molar-refractivity contribution is 6.05. The van der Waals surface area contributed by atoms with E-state index in [4.69, 9.17) is 10.5 Å². The first-order chi connectivity index (χ1) is 11.6. The number of rotatable bonds is 2. The number of methoxy groups -OCH3 is 1. The van der Waals surface area contributed by atoms with Crippen LogP contribution in [-0.4, -0.2) is 24.7 Å². The molecule has 2 atom stereocenters. The minimum Gasteiger partial charge on any atom is -0.507 e. The van der Waals surface area contributed by atoms with Crippen molar-refractivity contribution in [3.63, 3.8) is 0 Å². The lowest BCUT2D eigenvalue weighted by molar-refractivity contribution is 0.0922. The van der Waals surface area contributed by atoms with Gasteiger partial charge in [-0.1, -0.05) is 18.2 Å². The largest absolute Gasteiger partial charge is 0.507 e. The summed E-state index contributed by atoms with van der Waals surface area (Å²) >= 11 is 0. The number of amides is 1. The Bertz CT molecular complexity index is 804. The zero-order valence-electron chi connectivity index (χ0n) is 13.3. The van der Waals surface area contributed by atoms with Gasteiger partial charge in [-0.2, -0.15) is 0 Å². The average Bonchev–Trinajstić information content (AvgIpc) is 2.60. The Kier molecular flexibility index (Phi) is 3.35. The number of phenols is 1. The van der Waals surface area contributed by atoms with Crippen molar-refractivity contribution in [3.8, 4) is 11.5 Å². The van der Waals surface area contributed by atoms with Crippen molar-refractivity contribution in [2.24, 2.45) is 5.73 Å². The number of carbonyl (C=O) groups excluding carboxylic acids is 1. The molecule has 0 aliphatic carbocycles. The van der Waals surface area contributed by atoms with Crippen LogP contribution in [0.1, 0.15) is 40.1 Å². The lowest BCUT2D eigenvalue weighted by Gasteiger charge is -2.44. The molecule has 2 aliphatic rings. The van der Waals surface area contributed by atoms with Gasteiger partial charge >= 0.3 is 0 Å². The van der Waals surface area contributed by atoms with Gasteiger partial charge < -0.3 is 25.8 Å². The molecule has 2 aromatic carbocycles. The molecule has 0 fully saturated rings. The quantitative estimate of drug-likeness (QED) is 0.786. The predicted octanol–water partition coefficient (Wildman–Crippen LogP) is 2.05. The van der Waals surface area contributed by atoms with Crippen LogP contribution in [0.15, 0.2) is 36.4 Å². The van der Waals surface area contributed by atoms with Gasteiger partial charge in [-0.3, -0.25) is 4.79 Å². The number of nitrogens with one attached hydrogen (secondary N) is 1. The molecule has 4 rings (SSSR count). The minimum absolute atomic E-state index is 0.0152. The molecule has 0 saturated heterocycles. The summed E-state index contributed by atoms with van der Waals surface area (Å²) in [5.41, 5.74) is 9.14. The van der Waals surface area contributed by atoms with Crippen molar-refractivity contribution in [2.75, 3.05) is 18.6 Å². The molecule has 2 heterocycles. The van der Waals surface area contributed by atoms with Crippen molar-refractivity contribution < 1.29 is 14.6 Å². The van der Waals surface area contributed by atoms with Crippen LogP contribution in [0.4, 0.5) is 5.69 Å². The molecular weight excluding hydrogens is 306 g/mol. The molecule has 2 aromatic rings. The molecule has 24 heavy (non-hydrogen) atoms. The number of aromatic hydroxyl groups is 1. The number of nitrogens with zero attached hydrogens (tertiary/aromatic N) is 1. The van der Waals surface area contributed by atoms with Crippen molar-refractivity contribution in [2.45, 2.75) is 18.6 Å². The second-order valence-electron chi connectivity index (χ2n) is 6.14. The second kappa shape index (κ2) is 5.42. The van der Waals surface area contributed by atoms with E-state index in [1.807, 2.05) is 30.3 Å². The van der Waals surface area contributed by atoms with Crippen molar-refractivity contribution in [1.29, 1.82) is 0 Å². The Morgan fingerprint density at radius 1 is 1.25 bits per heavy atom. The van der Waals surface area contributed by atoms with Gasteiger partial charge in [0.25, 0.3) is 5.91 Å². The Morgan fingerprint density at radius 2 is 2.00 bits per heavy atom. The number of ether oxygens (including phenoxy) is 1. The summed E-state index contributed by atoms with van der Waals surface area (Å²) in [6, 6.07) is 10.8. The van der Waals surface area contributed by atoms with Crippen LogP contribution >= 0.6 is 0 Å². The monoisotopic (exact) mass is 325 g/mol. The summed E-state index contributed by atoms with van der Waals surface area (Å²) < 4.78 is 5.20. The fraction of sp³-hybridized carbons (Fsp3) is 0.278. The Labute approximate surface area is 139 Å². The van der Waals surface area contributed by atoms with E-state index in [0.29, 0.717) is 12.1 Å². The third-order valence-corrected chi connectivity index (χ3v) is 4.79. The van der Waals surface area contributed by atoms with Crippen LogP contribution in [0.3, 0.4) is 0 Å². The van der Waals surface area contributed by atoms with Gasteiger partial charge in [-0.05, 0) is 35.7 Å². The van der Waals surface area contributed by atoms with Gasteiger partial charge in [0, 0.05) is 12.6 Å². The first-order valence-corrected chi connectivity index (χ1v) is 7.93. The molecule has 2 aliphatic heterocycles. The van der Waals surface area contributed by atoms with Gasteiger partial charge in [0.2, 0.25) is 0 Å². The summed E-state index contributed by atoms with van der Waals surface area (Å²) in [7, 11) is 1.62. The van der Waals surface area contributed by atoms with Crippen molar-refractivity contribution in [3.05, 3.63) is 53.1 Å². The highest BCUT2D eigenvalue weighted by Crippen LogP contribution is 2.45. The van der Waals surface area contributed by atoms with E-state index in [1.54, 1.807) is 13.2 Å². The third kappa shape index (κ3) is 2.11. The number of carbonyl (C=O) groups is 1.